The number of rotatable bonds is 49. The molecule has 0 aliphatic carbocycles. The number of carbonyl (C=O) groups excluding carboxylic acids is 3. The first-order valence-corrected chi connectivity index (χ1v) is 27.3. The first kappa shape index (κ1) is 61.3. The van der Waals surface area contributed by atoms with Crippen LogP contribution < -0.4 is 0 Å². The third-order valence-electron chi connectivity index (χ3n) is 13.0. The fourth-order valence-electron chi connectivity index (χ4n) is 8.46. The van der Waals surface area contributed by atoms with Gasteiger partial charge in [0.25, 0.3) is 0 Å². The quantitative estimate of drug-likeness (QED) is 0.0437. The number of carbonyl (C=O) groups is 3. The highest BCUT2D eigenvalue weighted by Crippen LogP contribution is 2.21. The van der Waals surface area contributed by atoms with Gasteiger partial charge >= 0.3 is 12.1 Å². The van der Waals surface area contributed by atoms with Gasteiger partial charge in [0.2, 0.25) is 0 Å². The lowest BCUT2D eigenvalue weighted by molar-refractivity contribution is -0.145. The second-order valence-corrected chi connectivity index (χ2v) is 18.6. The van der Waals surface area contributed by atoms with Crippen LogP contribution in [0.4, 0.5) is 4.79 Å². The van der Waals surface area contributed by atoms with Gasteiger partial charge in [-0.05, 0) is 89.8 Å². The topological polar surface area (TPSA) is 94.6 Å². The predicted molar refractivity (Wildman–Crippen MR) is 266 cm³/mol. The molecule has 0 fully saturated rings. The number of unbranched alkanes of at least 4 members (excludes halogenated alkanes) is 18. The van der Waals surface area contributed by atoms with Crippen molar-refractivity contribution in [2.75, 3.05) is 59.1 Å². The maximum atomic E-state index is 12.9. The average Bonchev–Trinajstić information content (AvgIpc) is 3.28. The van der Waals surface area contributed by atoms with Crippen molar-refractivity contribution < 1.29 is 33.3 Å². The van der Waals surface area contributed by atoms with Gasteiger partial charge in [-0.3, -0.25) is 14.5 Å². The number of hydrogen-bond acceptors (Lipinski definition) is 9. The van der Waals surface area contributed by atoms with Gasteiger partial charge in [-0.15, -0.1) is 0 Å². The van der Waals surface area contributed by atoms with Crippen molar-refractivity contribution in [1.29, 1.82) is 0 Å². The molecule has 374 valence electrons. The van der Waals surface area contributed by atoms with Gasteiger partial charge < -0.3 is 23.8 Å². The van der Waals surface area contributed by atoms with Crippen molar-refractivity contribution >= 4 is 17.9 Å². The number of nitrogens with zero attached hydrogens (tertiary/aromatic N) is 2. The maximum Gasteiger partial charge on any atom is 0.508 e. The number of hydrogen-bond donors (Lipinski definition) is 0. The molecular weight excluding hydrogens is 789 g/mol. The number of likely N-dealkylation sites (N-methyl/N-ethyl adjacent to an activating group) is 2. The summed E-state index contributed by atoms with van der Waals surface area (Å²) in [6, 6.07) is 0. The minimum absolute atomic E-state index is 0.0333. The van der Waals surface area contributed by atoms with Crippen LogP contribution in [-0.4, -0.2) is 99.0 Å². The zero-order valence-corrected chi connectivity index (χ0v) is 43.0. The van der Waals surface area contributed by atoms with E-state index < -0.39 is 6.16 Å². The van der Waals surface area contributed by atoms with Crippen LogP contribution in [0.1, 0.15) is 254 Å². The molecule has 0 spiro atoms. The Morgan fingerprint density at radius 1 is 0.429 bits per heavy atom. The third-order valence-corrected chi connectivity index (χ3v) is 13.0. The van der Waals surface area contributed by atoms with Gasteiger partial charge in [-0.1, -0.05) is 177 Å². The normalized spacial score (nSPS) is 13.1. The van der Waals surface area contributed by atoms with Gasteiger partial charge in [0.05, 0.1) is 12.7 Å². The van der Waals surface area contributed by atoms with Crippen molar-refractivity contribution in [3.8, 4) is 0 Å². The van der Waals surface area contributed by atoms with E-state index in [1.165, 1.54) is 83.5 Å². The Hall–Kier alpha value is -1.71. The lowest BCUT2D eigenvalue weighted by atomic mass is 9.96. The van der Waals surface area contributed by atoms with E-state index in [0.29, 0.717) is 38.5 Å². The van der Waals surface area contributed by atoms with Crippen molar-refractivity contribution in [2.24, 2.45) is 5.92 Å². The van der Waals surface area contributed by atoms with Gasteiger partial charge in [0, 0.05) is 32.5 Å². The molecule has 0 N–H and O–H groups in total. The van der Waals surface area contributed by atoms with Gasteiger partial charge in [0.15, 0.2) is 5.78 Å². The fraction of sp³-hybridized carbons (Fsp3) is 0.944. The summed E-state index contributed by atoms with van der Waals surface area (Å²) in [6.45, 7) is 22.4. The van der Waals surface area contributed by atoms with E-state index in [2.05, 4.69) is 58.3 Å². The number of esters is 1. The lowest BCUT2D eigenvalue weighted by Crippen LogP contribution is -2.37. The van der Waals surface area contributed by atoms with E-state index >= 15 is 0 Å². The second-order valence-electron chi connectivity index (χ2n) is 18.6. The standard InChI is InChI=1S/C54H106N2O7/c1-8-15-19-29-36-49(35-17-10-3)47-62-53(58)42-34-28-24-23-27-33-41-52(63-54(59)60-46-45-56(14-7)44-43-55(12-5)13-6)40-32-26-22-21-25-30-37-50(57)48-61-51(38-18-11-4)39-31-20-16-9-2/h49,51-52H,8-48H2,1-7H3. The average molecular weight is 895 g/mol. The van der Waals surface area contributed by atoms with Gasteiger partial charge in [0.1, 0.15) is 19.3 Å². The zero-order valence-electron chi connectivity index (χ0n) is 43.0. The molecule has 9 nitrogen and oxygen atoms in total. The van der Waals surface area contributed by atoms with E-state index in [0.717, 1.165) is 142 Å². The Bertz CT molecular complexity index is 953. The van der Waals surface area contributed by atoms with Crippen LogP contribution in [0.25, 0.3) is 0 Å². The van der Waals surface area contributed by atoms with E-state index in [-0.39, 0.29) is 30.6 Å². The van der Waals surface area contributed by atoms with Crippen LogP contribution in [0.5, 0.6) is 0 Å². The molecule has 0 aliphatic rings. The molecule has 0 heterocycles. The molecular formula is C54H106N2O7. The summed E-state index contributed by atoms with van der Waals surface area (Å²) in [5.41, 5.74) is 0. The predicted octanol–water partition coefficient (Wildman–Crippen LogP) is 14.8. The molecule has 3 atom stereocenters. The molecule has 63 heavy (non-hydrogen) atoms. The van der Waals surface area contributed by atoms with Crippen LogP contribution in [0.3, 0.4) is 0 Å². The molecule has 0 amide bonds. The summed E-state index contributed by atoms with van der Waals surface area (Å²) >= 11 is 0. The smallest absolute Gasteiger partial charge is 0.465 e. The zero-order chi connectivity index (χ0) is 46.4. The van der Waals surface area contributed by atoms with E-state index in [4.69, 9.17) is 18.9 Å². The van der Waals surface area contributed by atoms with Crippen molar-refractivity contribution in [3.63, 3.8) is 0 Å². The number of ketones is 1. The van der Waals surface area contributed by atoms with E-state index in [1.54, 1.807) is 0 Å². The highest BCUT2D eigenvalue weighted by molar-refractivity contribution is 5.79. The first-order chi connectivity index (χ1) is 30.8. The molecule has 9 heteroatoms. The Balaban J connectivity index is 4.65. The van der Waals surface area contributed by atoms with Gasteiger partial charge in [-0.2, -0.15) is 0 Å². The summed E-state index contributed by atoms with van der Waals surface area (Å²) in [4.78, 5) is 42.7. The van der Waals surface area contributed by atoms with Crippen molar-refractivity contribution in [2.45, 2.75) is 266 Å². The van der Waals surface area contributed by atoms with Gasteiger partial charge in [-0.25, -0.2) is 4.79 Å². The summed E-state index contributed by atoms with van der Waals surface area (Å²) in [5, 5.41) is 0. The molecule has 0 radical (unpaired) electrons. The summed E-state index contributed by atoms with van der Waals surface area (Å²) in [7, 11) is 0. The van der Waals surface area contributed by atoms with Crippen LogP contribution in [0, 0.1) is 5.92 Å². The molecule has 0 bridgehead atoms. The molecule has 0 saturated heterocycles. The maximum absolute atomic E-state index is 12.9. The first-order valence-electron chi connectivity index (χ1n) is 27.3. The third kappa shape index (κ3) is 40.3. The molecule has 0 saturated carbocycles. The SMILES string of the molecule is CCCCCCC(CCCC)COC(=O)CCCCCCCCC(CCCCCCCCC(=O)COC(CCCC)CCCCCC)OC(=O)OCCN(CC)CCN(CC)CC. The Morgan fingerprint density at radius 3 is 1.44 bits per heavy atom. The van der Waals surface area contributed by atoms with Crippen molar-refractivity contribution in [1.82, 2.24) is 9.80 Å². The summed E-state index contributed by atoms with van der Waals surface area (Å²) in [5.74, 6) is 0.721. The molecule has 0 aromatic heterocycles. The Kier molecular flexibility index (Phi) is 45.5. The highest BCUT2D eigenvalue weighted by atomic mass is 16.7. The second kappa shape index (κ2) is 46.8. The monoisotopic (exact) mass is 895 g/mol. The summed E-state index contributed by atoms with van der Waals surface area (Å²) < 4.78 is 23.4. The number of Topliss-reactive ketones (excluding diaryl/α,β-unsaturated/α-hetero) is 1. The molecule has 0 aliphatic heterocycles. The Labute approximate surface area is 391 Å². The Morgan fingerprint density at radius 2 is 0.873 bits per heavy atom. The van der Waals surface area contributed by atoms with E-state index in [9.17, 15) is 14.4 Å². The van der Waals surface area contributed by atoms with Crippen LogP contribution in [0.15, 0.2) is 0 Å². The lowest BCUT2D eigenvalue weighted by Gasteiger charge is -2.25. The van der Waals surface area contributed by atoms with Crippen LogP contribution >= 0.6 is 0 Å². The number of ether oxygens (including phenoxy) is 4. The molecule has 0 rings (SSSR count). The fourth-order valence-corrected chi connectivity index (χ4v) is 8.46. The van der Waals surface area contributed by atoms with Crippen molar-refractivity contribution in [3.05, 3.63) is 0 Å². The highest BCUT2D eigenvalue weighted by Gasteiger charge is 2.17. The molecule has 0 aromatic carbocycles. The minimum Gasteiger partial charge on any atom is -0.465 e. The summed E-state index contributed by atoms with van der Waals surface area (Å²) in [6.07, 6.45) is 34.3. The minimum atomic E-state index is -0.540. The van der Waals surface area contributed by atoms with Crippen LogP contribution in [0.2, 0.25) is 0 Å². The largest absolute Gasteiger partial charge is 0.508 e. The van der Waals surface area contributed by atoms with Crippen LogP contribution in [-0.2, 0) is 28.5 Å². The molecule has 3 unspecified atom stereocenters. The molecule has 0 aromatic rings. The van der Waals surface area contributed by atoms with E-state index in [1.807, 2.05) is 0 Å².